The fourth-order valence-corrected chi connectivity index (χ4v) is 1.59. The van der Waals surface area contributed by atoms with E-state index in [0.717, 1.165) is 19.3 Å². The smallest absolute Gasteiger partial charge is 0.0343 e. The topological polar surface area (TPSA) is 38.4 Å². The SMILES string of the molecule is CCC1=CCC(C=NN)(CC)C=C1. The Labute approximate surface area is 80.2 Å². The molecule has 0 saturated heterocycles. The number of nitrogens with two attached hydrogens (primary N) is 1. The summed E-state index contributed by atoms with van der Waals surface area (Å²) in [5.41, 5.74) is 1.49. The first-order chi connectivity index (χ1) is 6.26. The van der Waals surface area contributed by atoms with Gasteiger partial charge in [-0.1, -0.05) is 37.6 Å². The van der Waals surface area contributed by atoms with Gasteiger partial charge in [0.2, 0.25) is 0 Å². The molecule has 0 heterocycles. The Balaban J connectivity index is 2.76. The van der Waals surface area contributed by atoms with Crippen LogP contribution in [0.4, 0.5) is 0 Å². The molecule has 1 atom stereocenters. The van der Waals surface area contributed by atoms with E-state index in [1.807, 2.05) is 6.21 Å². The van der Waals surface area contributed by atoms with Crippen LogP contribution in [0, 0.1) is 5.41 Å². The summed E-state index contributed by atoms with van der Waals surface area (Å²) in [5, 5.41) is 3.65. The average molecular weight is 178 g/mol. The second kappa shape index (κ2) is 4.26. The zero-order valence-electron chi connectivity index (χ0n) is 8.46. The van der Waals surface area contributed by atoms with E-state index in [1.165, 1.54) is 5.57 Å². The Morgan fingerprint density at radius 3 is 2.77 bits per heavy atom. The predicted octanol–water partition coefficient (Wildman–Crippen LogP) is 2.62. The lowest BCUT2D eigenvalue weighted by atomic mass is 9.78. The molecule has 0 aromatic rings. The molecular formula is C11H18N2. The summed E-state index contributed by atoms with van der Waals surface area (Å²) in [6.07, 6.45) is 11.7. The van der Waals surface area contributed by atoms with Crippen molar-refractivity contribution in [1.29, 1.82) is 0 Å². The Bertz CT molecular complexity index is 251. The van der Waals surface area contributed by atoms with E-state index in [1.54, 1.807) is 0 Å². The van der Waals surface area contributed by atoms with Gasteiger partial charge in [0.25, 0.3) is 0 Å². The Hall–Kier alpha value is -1.05. The molecule has 13 heavy (non-hydrogen) atoms. The summed E-state index contributed by atoms with van der Waals surface area (Å²) < 4.78 is 0. The summed E-state index contributed by atoms with van der Waals surface area (Å²) in [4.78, 5) is 0. The van der Waals surface area contributed by atoms with Gasteiger partial charge in [0.1, 0.15) is 0 Å². The highest BCUT2D eigenvalue weighted by Crippen LogP contribution is 2.31. The van der Waals surface area contributed by atoms with Crippen molar-refractivity contribution in [2.75, 3.05) is 0 Å². The standard InChI is InChI=1S/C11H18N2/c1-3-10-5-7-11(4-2,8-6-10)9-13-12/h5-7,9H,3-4,8,12H2,1-2H3. The molecule has 0 saturated carbocycles. The van der Waals surface area contributed by atoms with Crippen molar-refractivity contribution >= 4 is 6.21 Å². The fourth-order valence-electron chi connectivity index (χ4n) is 1.59. The van der Waals surface area contributed by atoms with Crippen molar-refractivity contribution in [3.8, 4) is 0 Å². The van der Waals surface area contributed by atoms with Gasteiger partial charge >= 0.3 is 0 Å². The Kier molecular flexibility index (Phi) is 3.29. The molecule has 1 aliphatic rings. The van der Waals surface area contributed by atoms with Crippen LogP contribution in [-0.2, 0) is 0 Å². The first kappa shape index (κ1) is 10.0. The molecule has 0 fully saturated rings. The molecule has 0 bridgehead atoms. The minimum atomic E-state index is 0.0768. The van der Waals surface area contributed by atoms with Gasteiger partial charge < -0.3 is 5.84 Å². The van der Waals surface area contributed by atoms with E-state index in [9.17, 15) is 0 Å². The molecule has 2 N–H and O–H groups in total. The van der Waals surface area contributed by atoms with E-state index in [4.69, 9.17) is 5.84 Å². The lowest BCUT2D eigenvalue weighted by Gasteiger charge is -2.26. The maximum absolute atomic E-state index is 5.20. The van der Waals surface area contributed by atoms with Crippen LogP contribution in [0.25, 0.3) is 0 Å². The predicted molar refractivity (Wildman–Crippen MR) is 57.5 cm³/mol. The number of nitrogens with zero attached hydrogens (tertiary/aromatic N) is 1. The number of hydrogen-bond acceptors (Lipinski definition) is 2. The lowest BCUT2D eigenvalue weighted by molar-refractivity contribution is 0.523. The quantitative estimate of drug-likeness (QED) is 0.402. The molecule has 2 nitrogen and oxygen atoms in total. The molecule has 2 heteroatoms. The maximum Gasteiger partial charge on any atom is 0.0343 e. The average Bonchev–Trinajstić information content (AvgIpc) is 2.19. The molecular weight excluding hydrogens is 160 g/mol. The van der Waals surface area contributed by atoms with Crippen LogP contribution in [0.3, 0.4) is 0 Å². The van der Waals surface area contributed by atoms with Gasteiger partial charge in [-0.2, -0.15) is 5.10 Å². The molecule has 1 aliphatic carbocycles. The first-order valence-corrected chi connectivity index (χ1v) is 4.89. The molecule has 1 rings (SSSR count). The van der Waals surface area contributed by atoms with Crippen LogP contribution in [0.2, 0.25) is 0 Å². The monoisotopic (exact) mass is 178 g/mol. The third-order valence-electron chi connectivity index (χ3n) is 2.77. The van der Waals surface area contributed by atoms with Gasteiger partial charge in [-0.25, -0.2) is 0 Å². The molecule has 0 aliphatic heterocycles. The Morgan fingerprint density at radius 2 is 2.38 bits per heavy atom. The van der Waals surface area contributed by atoms with Gasteiger partial charge in [-0.3, -0.25) is 0 Å². The van der Waals surface area contributed by atoms with E-state index in [0.29, 0.717) is 0 Å². The Morgan fingerprint density at radius 1 is 1.62 bits per heavy atom. The summed E-state index contributed by atoms with van der Waals surface area (Å²) in [5.74, 6) is 5.20. The van der Waals surface area contributed by atoms with Gasteiger partial charge in [0.05, 0.1) is 0 Å². The highest BCUT2D eigenvalue weighted by molar-refractivity contribution is 5.69. The normalized spacial score (nSPS) is 28.0. The van der Waals surface area contributed by atoms with Crippen molar-refractivity contribution in [3.63, 3.8) is 0 Å². The van der Waals surface area contributed by atoms with Crippen LogP contribution in [0.15, 0.2) is 28.9 Å². The molecule has 0 aromatic carbocycles. The zero-order chi connectivity index (χ0) is 9.73. The highest BCUT2D eigenvalue weighted by Gasteiger charge is 2.23. The third kappa shape index (κ3) is 2.20. The number of hydrogen-bond donors (Lipinski definition) is 1. The zero-order valence-corrected chi connectivity index (χ0v) is 8.46. The van der Waals surface area contributed by atoms with E-state index in [-0.39, 0.29) is 5.41 Å². The lowest BCUT2D eigenvalue weighted by Crippen LogP contribution is -2.20. The van der Waals surface area contributed by atoms with Crippen LogP contribution in [-0.4, -0.2) is 6.21 Å². The molecule has 0 spiro atoms. The summed E-state index contributed by atoms with van der Waals surface area (Å²) in [7, 11) is 0. The van der Waals surface area contributed by atoms with Crippen molar-refractivity contribution < 1.29 is 0 Å². The summed E-state index contributed by atoms with van der Waals surface area (Å²) >= 11 is 0. The molecule has 0 amide bonds. The first-order valence-electron chi connectivity index (χ1n) is 4.89. The number of hydrazone groups is 1. The van der Waals surface area contributed by atoms with Crippen molar-refractivity contribution in [1.82, 2.24) is 0 Å². The van der Waals surface area contributed by atoms with Gasteiger partial charge in [0, 0.05) is 11.6 Å². The van der Waals surface area contributed by atoms with Crippen LogP contribution >= 0.6 is 0 Å². The van der Waals surface area contributed by atoms with Crippen molar-refractivity contribution in [2.45, 2.75) is 33.1 Å². The second-order valence-electron chi connectivity index (χ2n) is 3.53. The minimum Gasteiger partial charge on any atom is -0.324 e. The minimum absolute atomic E-state index is 0.0768. The van der Waals surface area contributed by atoms with Crippen LogP contribution < -0.4 is 5.84 Å². The molecule has 72 valence electrons. The van der Waals surface area contributed by atoms with Gasteiger partial charge in [-0.05, 0) is 19.3 Å². The van der Waals surface area contributed by atoms with E-state index in [2.05, 4.69) is 37.2 Å². The number of rotatable bonds is 3. The summed E-state index contributed by atoms with van der Waals surface area (Å²) in [6, 6.07) is 0. The molecule has 0 radical (unpaired) electrons. The van der Waals surface area contributed by atoms with Crippen molar-refractivity contribution in [2.24, 2.45) is 16.4 Å². The van der Waals surface area contributed by atoms with Crippen LogP contribution in [0.1, 0.15) is 33.1 Å². The van der Waals surface area contributed by atoms with Gasteiger partial charge in [0.15, 0.2) is 0 Å². The van der Waals surface area contributed by atoms with Gasteiger partial charge in [-0.15, -0.1) is 0 Å². The van der Waals surface area contributed by atoms with Crippen molar-refractivity contribution in [3.05, 3.63) is 23.8 Å². The van der Waals surface area contributed by atoms with E-state index < -0.39 is 0 Å². The largest absolute Gasteiger partial charge is 0.324 e. The number of allylic oxidation sites excluding steroid dienone is 4. The highest BCUT2D eigenvalue weighted by atomic mass is 15.1. The fraction of sp³-hybridized carbons (Fsp3) is 0.545. The second-order valence-corrected chi connectivity index (χ2v) is 3.53. The maximum atomic E-state index is 5.20. The molecule has 0 aromatic heterocycles. The van der Waals surface area contributed by atoms with Crippen LogP contribution in [0.5, 0.6) is 0 Å². The molecule has 1 unspecified atom stereocenters. The summed E-state index contributed by atoms with van der Waals surface area (Å²) in [6.45, 7) is 4.34. The van der Waals surface area contributed by atoms with E-state index >= 15 is 0 Å². The third-order valence-corrected chi connectivity index (χ3v) is 2.77.